The Morgan fingerprint density at radius 1 is 1.21 bits per heavy atom. The molecule has 1 fully saturated rings. The number of H-pyrrole nitrogens is 1. The third-order valence-electron chi connectivity index (χ3n) is 5.69. The zero-order valence-corrected chi connectivity index (χ0v) is 19.2. The highest BCUT2D eigenvalue weighted by Crippen LogP contribution is 2.41. The molecule has 4 aromatic rings. The lowest BCUT2D eigenvalue weighted by atomic mass is 10.0. The fourth-order valence-electron chi connectivity index (χ4n) is 4.14. The van der Waals surface area contributed by atoms with Crippen LogP contribution in [0, 0.1) is 0 Å². The first kappa shape index (κ1) is 21.6. The van der Waals surface area contributed by atoms with E-state index in [9.17, 15) is 8.42 Å². The molecule has 33 heavy (non-hydrogen) atoms. The Hall–Kier alpha value is -3.20. The van der Waals surface area contributed by atoms with E-state index < -0.39 is 10.0 Å². The van der Waals surface area contributed by atoms with E-state index in [2.05, 4.69) is 21.5 Å². The molecule has 0 spiro atoms. The van der Waals surface area contributed by atoms with Gasteiger partial charge in [0.2, 0.25) is 10.0 Å². The van der Waals surface area contributed by atoms with Crippen molar-refractivity contribution in [2.75, 3.05) is 13.1 Å². The average Bonchev–Trinajstić information content (AvgIpc) is 3.45. The second kappa shape index (κ2) is 8.62. The van der Waals surface area contributed by atoms with Crippen LogP contribution in [-0.4, -0.2) is 46.9 Å². The van der Waals surface area contributed by atoms with Gasteiger partial charge in [0.1, 0.15) is 11.9 Å². The van der Waals surface area contributed by atoms with Crippen molar-refractivity contribution in [2.24, 2.45) is 0 Å². The van der Waals surface area contributed by atoms with Crippen LogP contribution in [0.5, 0.6) is 5.75 Å². The molecule has 1 atom stereocenters. The number of aromatic nitrogens is 3. The predicted molar refractivity (Wildman–Crippen MR) is 129 cm³/mol. The second-order valence-corrected chi connectivity index (χ2v) is 10.1. The van der Waals surface area contributed by atoms with Crippen LogP contribution < -0.4 is 4.74 Å². The molecular weight excluding hydrogens is 460 g/mol. The second-order valence-electron chi connectivity index (χ2n) is 7.75. The zero-order valence-electron chi connectivity index (χ0n) is 17.6. The van der Waals surface area contributed by atoms with Crippen molar-refractivity contribution < 1.29 is 13.2 Å². The van der Waals surface area contributed by atoms with Crippen molar-refractivity contribution in [1.82, 2.24) is 19.3 Å². The summed E-state index contributed by atoms with van der Waals surface area (Å²) < 4.78 is 31.9. The number of ether oxygens (including phenoxy) is 1. The number of halogens is 1. The van der Waals surface area contributed by atoms with Crippen molar-refractivity contribution in [3.05, 3.63) is 78.1 Å². The van der Waals surface area contributed by atoms with Gasteiger partial charge in [-0.05, 0) is 42.3 Å². The Morgan fingerprint density at radius 2 is 2.09 bits per heavy atom. The summed E-state index contributed by atoms with van der Waals surface area (Å²) in [6, 6.07) is 13.3. The van der Waals surface area contributed by atoms with E-state index >= 15 is 0 Å². The Kier molecular flexibility index (Phi) is 5.65. The average molecular weight is 481 g/mol. The lowest BCUT2D eigenvalue weighted by Crippen LogP contribution is -2.29. The Morgan fingerprint density at radius 3 is 2.91 bits per heavy atom. The lowest BCUT2D eigenvalue weighted by molar-refractivity contribution is 0.216. The number of fused-ring (bicyclic) bond motifs is 1. The van der Waals surface area contributed by atoms with Crippen LogP contribution in [0.25, 0.3) is 33.4 Å². The van der Waals surface area contributed by atoms with E-state index in [-0.39, 0.29) is 12.6 Å². The lowest BCUT2D eigenvalue weighted by Gasteiger charge is -2.17. The van der Waals surface area contributed by atoms with Gasteiger partial charge in [0.05, 0.1) is 29.5 Å². The van der Waals surface area contributed by atoms with Gasteiger partial charge in [0.25, 0.3) is 0 Å². The number of nitrogens with one attached hydrogen (secondary N) is 1. The van der Waals surface area contributed by atoms with Gasteiger partial charge in [0.15, 0.2) is 0 Å². The highest BCUT2D eigenvalue weighted by molar-refractivity contribution is 7.92. The quantitative estimate of drug-likeness (QED) is 0.425. The smallest absolute Gasteiger partial charge is 0.235 e. The summed E-state index contributed by atoms with van der Waals surface area (Å²) in [7, 11) is -3.47. The van der Waals surface area contributed by atoms with E-state index in [1.54, 1.807) is 18.6 Å². The molecule has 3 aromatic heterocycles. The topological polar surface area (TPSA) is 88.2 Å². The summed E-state index contributed by atoms with van der Waals surface area (Å²) in [5, 5.41) is 1.60. The number of rotatable bonds is 6. The van der Waals surface area contributed by atoms with Gasteiger partial charge < -0.3 is 9.72 Å². The number of hydrogen-bond acceptors (Lipinski definition) is 5. The molecule has 1 saturated heterocycles. The highest BCUT2D eigenvalue weighted by atomic mass is 35.5. The molecule has 9 heteroatoms. The zero-order chi connectivity index (χ0) is 23.0. The maximum atomic E-state index is 12.1. The number of pyridine rings is 2. The van der Waals surface area contributed by atoms with Crippen LogP contribution in [0.4, 0.5) is 0 Å². The molecule has 7 nitrogen and oxygen atoms in total. The summed E-state index contributed by atoms with van der Waals surface area (Å²) in [4.78, 5) is 12.3. The first-order valence-electron chi connectivity index (χ1n) is 10.4. The van der Waals surface area contributed by atoms with Crippen LogP contribution in [0.15, 0.2) is 73.0 Å². The molecule has 5 rings (SSSR count). The number of hydrogen-bond donors (Lipinski definition) is 1. The van der Waals surface area contributed by atoms with Crippen LogP contribution in [0.3, 0.4) is 0 Å². The summed E-state index contributed by atoms with van der Waals surface area (Å²) in [5.74, 6) is 0.565. The molecule has 0 aliphatic carbocycles. The molecule has 4 heterocycles. The number of aromatic amines is 1. The van der Waals surface area contributed by atoms with Crippen molar-refractivity contribution >= 4 is 32.7 Å². The molecule has 1 unspecified atom stereocenters. The van der Waals surface area contributed by atoms with Crippen molar-refractivity contribution in [3.63, 3.8) is 0 Å². The Labute approximate surface area is 196 Å². The first-order chi connectivity index (χ1) is 16.0. The molecule has 1 N–H and O–H groups in total. The van der Waals surface area contributed by atoms with Crippen LogP contribution in [0.2, 0.25) is 5.02 Å². The molecular formula is C24H21ClN4O3S. The largest absolute Gasteiger partial charge is 0.487 e. The van der Waals surface area contributed by atoms with E-state index in [0.29, 0.717) is 23.7 Å². The first-order valence-corrected chi connectivity index (χ1v) is 12.3. The number of nitrogens with zero attached hydrogens (tertiary/aromatic N) is 3. The molecule has 0 bridgehead atoms. The third kappa shape index (κ3) is 4.13. The molecule has 1 aliphatic rings. The van der Waals surface area contributed by atoms with Crippen molar-refractivity contribution in [2.45, 2.75) is 12.5 Å². The predicted octanol–water partition coefficient (Wildman–Crippen LogP) is 4.87. The molecule has 1 aromatic carbocycles. The highest BCUT2D eigenvalue weighted by Gasteiger charge is 2.31. The maximum absolute atomic E-state index is 12.1. The monoisotopic (exact) mass is 480 g/mol. The van der Waals surface area contributed by atoms with Gasteiger partial charge in [-0.1, -0.05) is 30.3 Å². The summed E-state index contributed by atoms with van der Waals surface area (Å²) in [6.45, 7) is 4.05. The maximum Gasteiger partial charge on any atom is 0.235 e. The molecule has 0 amide bonds. The molecule has 168 valence electrons. The summed E-state index contributed by atoms with van der Waals surface area (Å²) in [6.07, 6.45) is 5.40. The Bertz CT molecular complexity index is 1450. The SMILES string of the molecule is C=CS(=O)(=O)N1CCC(Oc2cnccc2-c2[nH]c3cccnc3c2-c2cccc(Cl)c2)C1. The van der Waals surface area contributed by atoms with E-state index in [4.69, 9.17) is 16.3 Å². The van der Waals surface area contributed by atoms with Gasteiger partial charge in [-0.3, -0.25) is 9.97 Å². The minimum Gasteiger partial charge on any atom is -0.487 e. The van der Waals surface area contributed by atoms with Crippen LogP contribution in [0.1, 0.15) is 6.42 Å². The third-order valence-corrected chi connectivity index (χ3v) is 7.40. The number of sulfonamides is 1. The minimum absolute atomic E-state index is 0.262. The van der Waals surface area contributed by atoms with Gasteiger partial charge >= 0.3 is 0 Å². The molecule has 1 aliphatic heterocycles. The van der Waals surface area contributed by atoms with Gasteiger partial charge in [0, 0.05) is 40.5 Å². The summed E-state index contributed by atoms with van der Waals surface area (Å²) >= 11 is 6.29. The van der Waals surface area contributed by atoms with Crippen LogP contribution >= 0.6 is 11.6 Å². The van der Waals surface area contributed by atoms with E-state index in [0.717, 1.165) is 38.8 Å². The molecule has 0 radical (unpaired) electrons. The van der Waals surface area contributed by atoms with Crippen molar-refractivity contribution in [3.8, 4) is 28.1 Å². The van der Waals surface area contributed by atoms with Gasteiger partial charge in [-0.15, -0.1) is 0 Å². The van der Waals surface area contributed by atoms with Gasteiger partial charge in [-0.25, -0.2) is 8.42 Å². The normalized spacial score (nSPS) is 16.8. The van der Waals surface area contributed by atoms with Crippen molar-refractivity contribution in [1.29, 1.82) is 0 Å². The molecule has 0 saturated carbocycles. The van der Waals surface area contributed by atoms with E-state index in [1.807, 2.05) is 42.5 Å². The standard InChI is InChI=1S/C24H21ClN4O3S/c1-2-33(30,31)29-12-9-18(15-29)32-21-14-26-11-8-19(21)23-22(16-5-3-6-17(25)13-16)24-20(28-23)7-4-10-27-24/h2-8,10-11,13-14,18,28H,1,9,12,15H2. The number of benzene rings is 1. The minimum atomic E-state index is -3.47. The fraction of sp³-hybridized carbons (Fsp3) is 0.167. The van der Waals surface area contributed by atoms with Gasteiger partial charge in [-0.2, -0.15) is 4.31 Å². The fourth-order valence-corrected chi connectivity index (χ4v) is 5.27. The van der Waals surface area contributed by atoms with Crippen LogP contribution in [-0.2, 0) is 10.0 Å². The van der Waals surface area contributed by atoms with E-state index in [1.165, 1.54) is 4.31 Å². The summed E-state index contributed by atoms with van der Waals surface area (Å²) in [5.41, 5.74) is 5.18. The Balaban J connectivity index is 1.57.